The summed E-state index contributed by atoms with van der Waals surface area (Å²) in [6.07, 6.45) is 2.89. The third kappa shape index (κ3) is 5.11. The minimum atomic E-state index is -3.40. The van der Waals surface area contributed by atoms with E-state index in [1.54, 1.807) is 42.5 Å². The van der Waals surface area contributed by atoms with E-state index in [2.05, 4.69) is 10.5 Å². The van der Waals surface area contributed by atoms with Gasteiger partial charge < -0.3 is 14.6 Å². The van der Waals surface area contributed by atoms with Crippen LogP contribution in [0.3, 0.4) is 0 Å². The van der Waals surface area contributed by atoms with Gasteiger partial charge in [-0.25, -0.2) is 8.42 Å². The molecule has 1 N–H and O–H groups in total. The van der Waals surface area contributed by atoms with Gasteiger partial charge in [0.25, 0.3) is 5.91 Å². The Bertz CT molecular complexity index is 1230. The lowest BCUT2D eigenvalue weighted by atomic mass is 10.1. The van der Waals surface area contributed by atoms with Crippen molar-refractivity contribution >= 4 is 27.3 Å². The SMILES string of the molecule is Cc1cc(COc2ccc(C(=O)Nc3cc(N(C4CC4)S(C)(=O)=O)ccc3C)cc2)no1. The Labute approximate surface area is 187 Å². The van der Waals surface area contributed by atoms with Gasteiger partial charge in [0.15, 0.2) is 0 Å². The van der Waals surface area contributed by atoms with Gasteiger partial charge in [-0.2, -0.15) is 0 Å². The van der Waals surface area contributed by atoms with Crippen LogP contribution in [0.2, 0.25) is 0 Å². The van der Waals surface area contributed by atoms with Gasteiger partial charge in [0, 0.05) is 23.4 Å². The molecule has 1 heterocycles. The van der Waals surface area contributed by atoms with Crippen molar-refractivity contribution in [1.29, 1.82) is 0 Å². The van der Waals surface area contributed by atoms with E-state index < -0.39 is 10.0 Å². The monoisotopic (exact) mass is 455 g/mol. The minimum Gasteiger partial charge on any atom is -0.487 e. The molecule has 8 nitrogen and oxygen atoms in total. The molecule has 0 saturated heterocycles. The number of amides is 1. The fourth-order valence-corrected chi connectivity index (χ4v) is 4.65. The van der Waals surface area contributed by atoms with Crippen molar-refractivity contribution in [3.05, 3.63) is 71.1 Å². The predicted molar refractivity (Wildman–Crippen MR) is 121 cm³/mol. The zero-order valence-electron chi connectivity index (χ0n) is 18.2. The van der Waals surface area contributed by atoms with Crippen LogP contribution < -0.4 is 14.4 Å². The van der Waals surface area contributed by atoms with Crippen molar-refractivity contribution in [2.24, 2.45) is 0 Å². The van der Waals surface area contributed by atoms with Crippen LogP contribution in [-0.4, -0.2) is 31.8 Å². The molecule has 1 fully saturated rings. The molecular formula is C23H25N3O5S. The Morgan fingerprint density at radius 3 is 2.47 bits per heavy atom. The predicted octanol–water partition coefficient (Wildman–Crippen LogP) is 4.05. The van der Waals surface area contributed by atoms with E-state index in [-0.39, 0.29) is 18.6 Å². The van der Waals surface area contributed by atoms with Gasteiger partial charge in [-0.3, -0.25) is 9.10 Å². The maximum absolute atomic E-state index is 12.8. The summed E-state index contributed by atoms with van der Waals surface area (Å²) < 4.78 is 36.6. The molecule has 2 aromatic carbocycles. The van der Waals surface area contributed by atoms with Gasteiger partial charge in [-0.15, -0.1) is 0 Å². The second kappa shape index (κ2) is 8.66. The van der Waals surface area contributed by atoms with Gasteiger partial charge in [-0.1, -0.05) is 11.2 Å². The van der Waals surface area contributed by atoms with Crippen LogP contribution in [0, 0.1) is 13.8 Å². The third-order valence-corrected chi connectivity index (χ3v) is 6.36. The molecule has 0 bridgehead atoms. The molecule has 3 aromatic rings. The summed E-state index contributed by atoms with van der Waals surface area (Å²) in [5, 5.41) is 6.76. The van der Waals surface area contributed by atoms with Crippen molar-refractivity contribution in [3.8, 4) is 5.75 Å². The zero-order valence-corrected chi connectivity index (χ0v) is 19.0. The molecule has 0 atom stereocenters. The number of carbonyl (C=O) groups excluding carboxylic acids is 1. The number of hydrogen-bond acceptors (Lipinski definition) is 6. The maximum atomic E-state index is 12.8. The second-order valence-electron chi connectivity index (χ2n) is 7.99. The first kappa shape index (κ1) is 21.9. The van der Waals surface area contributed by atoms with Crippen molar-refractivity contribution in [3.63, 3.8) is 0 Å². The first-order chi connectivity index (χ1) is 15.2. The number of ether oxygens (including phenoxy) is 1. The van der Waals surface area contributed by atoms with Crippen molar-refractivity contribution in [2.75, 3.05) is 15.9 Å². The number of nitrogens with one attached hydrogen (secondary N) is 1. The van der Waals surface area contributed by atoms with Crippen molar-refractivity contribution in [1.82, 2.24) is 5.16 Å². The minimum absolute atomic E-state index is 0.00929. The quantitative estimate of drug-likeness (QED) is 0.550. The average molecular weight is 456 g/mol. The normalized spacial score (nSPS) is 13.6. The Kier molecular flexibility index (Phi) is 5.92. The van der Waals surface area contributed by atoms with Gasteiger partial charge in [0.1, 0.15) is 23.8 Å². The van der Waals surface area contributed by atoms with Gasteiger partial charge in [0.05, 0.1) is 11.9 Å². The number of hydrogen-bond donors (Lipinski definition) is 1. The maximum Gasteiger partial charge on any atom is 0.255 e. The first-order valence-electron chi connectivity index (χ1n) is 10.3. The zero-order chi connectivity index (χ0) is 22.9. The number of aromatic nitrogens is 1. The van der Waals surface area contributed by atoms with Crippen molar-refractivity contribution < 1.29 is 22.5 Å². The largest absolute Gasteiger partial charge is 0.487 e. The highest BCUT2D eigenvalue weighted by atomic mass is 32.2. The summed E-state index contributed by atoms with van der Waals surface area (Å²) in [6.45, 7) is 3.95. The van der Waals surface area contributed by atoms with E-state index >= 15 is 0 Å². The highest BCUT2D eigenvalue weighted by Crippen LogP contribution is 2.35. The summed E-state index contributed by atoms with van der Waals surface area (Å²) in [6, 6.07) is 13.9. The lowest BCUT2D eigenvalue weighted by Gasteiger charge is -2.23. The topological polar surface area (TPSA) is 102 Å². The van der Waals surface area contributed by atoms with E-state index in [4.69, 9.17) is 9.26 Å². The van der Waals surface area contributed by atoms with Crippen LogP contribution in [0.4, 0.5) is 11.4 Å². The van der Waals surface area contributed by atoms with Gasteiger partial charge in [-0.05, 0) is 68.7 Å². The molecule has 168 valence electrons. The number of nitrogens with zero attached hydrogens (tertiary/aromatic N) is 2. The summed E-state index contributed by atoms with van der Waals surface area (Å²) in [7, 11) is -3.40. The van der Waals surface area contributed by atoms with Crippen LogP contribution in [0.15, 0.2) is 53.1 Å². The molecule has 32 heavy (non-hydrogen) atoms. The highest BCUT2D eigenvalue weighted by molar-refractivity contribution is 7.92. The second-order valence-corrected chi connectivity index (χ2v) is 9.84. The third-order valence-electron chi connectivity index (χ3n) is 5.14. The average Bonchev–Trinajstić information content (AvgIpc) is 3.47. The van der Waals surface area contributed by atoms with Gasteiger partial charge in [0.2, 0.25) is 10.0 Å². The summed E-state index contributed by atoms with van der Waals surface area (Å²) in [4.78, 5) is 12.8. The van der Waals surface area contributed by atoms with E-state index in [0.29, 0.717) is 34.1 Å². The molecule has 9 heteroatoms. The molecule has 1 aliphatic rings. The Morgan fingerprint density at radius 2 is 1.88 bits per heavy atom. The molecule has 0 spiro atoms. The van der Waals surface area contributed by atoms with E-state index in [0.717, 1.165) is 18.4 Å². The van der Waals surface area contributed by atoms with Crippen LogP contribution >= 0.6 is 0 Å². The number of carbonyl (C=O) groups is 1. The molecule has 0 aliphatic heterocycles. The van der Waals surface area contributed by atoms with Crippen LogP contribution in [0.5, 0.6) is 5.75 Å². The van der Waals surface area contributed by atoms with E-state index in [1.807, 2.05) is 19.9 Å². The number of rotatable bonds is 8. The molecule has 0 unspecified atom stereocenters. The molecule has 1 saturated carbocycles. The van der Waals surface area contributed by atoms with Crippen LogP contribution in [0.1, 0.15) is 40.2 Å². The summed E-state index contributed by atoms with van der Waals surface area (Å²) in [5.41, 5.74) is 3.12. The van der Waals surface area contributed by atoms with Gasteiger partial charge >= 0.3 is 0 Å². The summed E-state index contributed by atoms with van der Waals surface area (Å²) in [5.74, 6) is 1.03. The highest BCUT2D eigenvalue weighted by Gasteiger charge is 2.35. The van der Waals surface area contributed by atoms with Crippen LogP contribution in [0.25, 0.3) is 0 Å². The number of anilines is 2. The van der Waals surface area contributed by atoms with E-state index in [1.165, 1.54) is 10.6 Å². The molecule has 1 amide bonds. The summed E-state index contributed by atoms with van der Waals surface area (Å²) >= 11 is 0. The number of benzene rings is 2. The fraction of sp³-hybridized carbons (Fsp3) is 0.304. The number of aryl methyl sites for hydroxylation is 2. The number of sulfonamides is 1. The van der Waals surface area contributed by atoms with E-state index in [9.17, 15) is 13.2 Å². The molecular weight excluding hydrogens is 430 g/mol. The lowest BCUT2D eigenvalue weighted by Crippen LogP contribution is -2.32. The molecule has 4 rings (SSSR count). The Hall–Kier alpha value is -3.33. The Balaban J connectivity index is 1.45. The molecule has 1 aromatic heterocycles. The molecule has 1 aliphatic carbocycles. The lowest BCUT2D eigenvalue weighted by molar-refractivity contribution is 0.102. The molecule has 0 radical (unpaired) electrons. The van der Waals surface area contributed by atoms with Crippen LogP contribution in [-0.2, 0) is 16.6 Å². The smallest absolute Gasteiger partial charge is 0.255 e. The van der Waals surface area contributed by atoms with Crippen molar-refractivity contribution in [2.45, 2.75) is 39.3 Å². The fourth-order valence-electron chi connectivity index (χ4n) is 3.40. The standard InChI is InChI=1S/C23H25N3O5S/c1-15-4-7-20(26(19-8-9-19)32(3,28)29)13-22(15)24-23(27)17-5-10-21(11-6-17)30-14-18-12-16(2)31-25-18/h4-7,10-13,19H,8-9,14H2,1-3H3,(H,24,27). The first-order valence-corrected chi connectivity index (χ1v) is 12.1. The Morgan fingerprint density at radius 1 is 1.16 bits per heavy atom.